The molecule has 1 atom stereocenters. The van der Waals surface area contributed by atoms with Crippen LogP contribution >= 0.6 is 23.2 Å². The van der Waals surface area contributed by atoms with E-state index in [2.05, 4.69) is 25.5 Å². The molecule has 2 aromatic rings. The van der Waals surface area contributed by atoms with E-state index in [0.29, 0.717) is 5.02 Å². The second-order valence-corrected chi connectivity index (χ2v) is 9.32. The number of benzene rings is 2. The highest BCUT2D eigenvalue weighted by atomic mass is 35.5. The Hall–Kier alpha value is -1.07. The zero-order valence-electron chi connectivity index (χ0n) is 14.1. The standard InChI is InChI=1S/C18H21Cl2NO2S/c1-12(13-5-7-14(8-6-13)18(2,3)4)21-24(22,23)17-11-15(19)9-10-16(17)20/h5-12,21H,1-4H3. The van der Waals surface area contributed by atoms with Gasteiger partial charge in [0.15, 0.2) is 0 Å². The Balaban J connectivity index is 2.25. The molecule has 0 radical (unpaired) electrons. The number of rotatable bonds is 4. The molecule has 0 amide bonds. The van der Waals surface area contributed by atoms with Crippen molar-refractivity contribution in [1.29, 1.82) is 0 Å². The molecule has 130 valence electrons. The zero-order chi connectivity index (χ0) is 18.1. The van der Waals surface area contributed by atoms with E-state index < -0.39 is 10.0 Å². The van der Waals surface area contributed by atoms with Crippen LogP contribution in [0.3, 0.4) is 0 Å². The Morgan fingerprint density at radius 1 is 1.00 bits per heavy atom. The van der Waals surface area contributed by atoms with Gasteiger partial charge < -0.3 is 0 Å². The molecule has 0 aliphatic heterocycles. The van der Waals surface area contributed by atoms with Crippen LogP contribution in [0.4, 0.5) is 0 Å². The summed E-state index contributed by atoms with van der Waals surface area (Å²) in [7, 11) is -3.77. The predicted octanol–water partition coefficient (Wildman–Crippen LogP) is 5.33. The van der Waals surface area contributed by atoms with Gasteiger partial charge in [-0.05, 0) is 41.7 Å². The smallest absolute Gasteiger partial charge is 0.207 e. The van der Waals surface area contributed by atoms with Gasteiger partial charge in [-0.3, -0.25) is 0 Å². The van der Waals surface area contributed by atoms with Gasteiger partial charge >= 0.3 is 0 Å². The molecular weight excluding hydrogens is 365 g/mol. The molecule has 2 aromatic carbocycles. The summed E-state index contributed by atoms with van der Waals surface area (Å²) in [5, 5.41) is 0.462. The lowest BCUT2D eigenvalue weighted by Gasteiger charge is -2.21. The van der Waals surface area contributed by atoms with E-state index in [4.69, 9.17) is 23.2 Å². The van der Waals surface area contributed by atoms with E-state index in [9.17, 15) is 8.42 Å². The summed E-state index contributed by atoms with van der Waals surface area (Å²) in [4.78, 5) is -0.0187. The van der Waals surface area contributed by atoms with E-state index >= 15 is 0 Å². The first-order valence-electron chi connectivity index (χ1n) is 7.58. The maximum Gasteiger partial charge on any atom is 0.242 e. The average Bonchev–Trinajstić information content (AvgIpc) is 2.48. The van der Waals surface area contributed by atoms with Crippen LogP contribution in [0.1, 0.15) is 44.9 Å². The molecule has 0 heterocycles. The number of hydrogen-bond acceptors (Lipinski definition) is 2. The fourth-order valence-electron chi connectivity index (χ4n) is 2.32. The summed E-state index contributed by atoms with van der Waals surface area (Å²) < 4.78 is 27.8. The largest absolute Gasteiger partial charge is 0.242 e. The van der Waals surface area contributed by atoms with Gasteiger partial charge in [-0.25, -0.2) is 13.1 Å². The van der Waals surface area contributed by atoms with E-state index in [1.165, 1.54) is 17.7 Å². The van der Waals surface area contributed by atoms with E-state index in [0.717, 1.165) is 5.56 Å². The van der Waals surface area contributed by atoms with Crippen LogP contribution in [-0.4, -0.2) is 8.42 Å². The summed E-state index contributed by atoms with van der Waals surface area (Å²) in [6.07, 6.45) is 0. The summed E-state index contributed by atoms with van der Waals surface area (Å²) in [5.41, 5.74) is 2.12. The molecule has 0 aliphatic rings. The molecular formula is C18H21Cl2NO2S. The van der Waals surface area contributed by atoms with E-state index in [-0.39, 0.29) is 21.4 Å². The van der Waals surface area contributed by atoms with Gasteiger partial charge in [0.05, 0.1) is 5.02 Å². The monoisotopic (exact) mass is 385 g/mol. The van der Waals surface area contributed by atoms with E-state index in [1.807, 2.05) is 24.3 Å². The van der Waals surface area contributed by atoms with E-state index in [1.54, 1.807) is 13.0 Å². The lowest BCUT2D eigenvalue weighted by molar-refractivity contribution is 0.566. The number of halogens is 2. The van der Waals surface area contributed by atoms with Crippen LogP contribution in [0.2, 0.25) is 10.0 Å². The molecule has 6 heteroatoms. The van der Waals surface area contributed by atoms with Crippen molar-refractivity contribution < 1.29 is 8.42 Å². The molecule has 0 aromatic heterocycles. The molecule has 1 N–H and O–H groups in total. The minimum absolute atomic E-state index is 0.0187. The minimum Gasteiger partial charge on any atom is -0.207 e. The third-order valence-corrected chi connectivity index (χ3v) is 6.05. The number of hydrogen-bond donors (Lipinski definition) is 1. The van der Waals surface area contributed by atoms with Gasteiger partial charge in [0.2, 0.25) is 10.0 Å². The van der Waals surface area contributed by atoms with Crippen LogP contribution in [0.25, 0.3) is 0 Å². The summed E-state index contributed by atoms with van der Waals surface area (Å²) in [6, 6.07) is 11.9. The quantitative estimate of drug-likeness (QED) is 0.772. The van der Waals surface area contributed by atoms with Crippen molar-refractivity contribution in [2.75, 3.05) is 0 Å². The first kappa shape index (κ1) is 19.3. The highest BCUT2D eigenvalue weighted by molar-refractivity contribution is 7.89. The van der Waals surface area contributed by atoms with Crippen molar-refractivity contribution in [1.82, 2.24) is 4.72 Å². The molecule has 0 saturated carbocycles. The second-order valence-electron chi connectivity index (χ2n) is 6.79. The van der Waals surface area contributed by atoms with Crippen LogP contribution < -0.4 is 4.72 Å². The normalized spacial score (nSPS) is 13.8. The SMILES string of the molecule is CC(NS(=O)(=O)c1cc(Cl)ccc1Cl)c1ccc(C(C)(C)C)cc1. The molecule has 0 fully saturated rings. The molecule has 0 spiro atoms. The van der Waals surface area contributed by atoms with Crippen LogP contribution in [0.15, 0.2) is 47.4 Å². The van der Waals surface area contributed by atoms with Crippen molar-refractivity contribution in [2.45, 2.75) is 44.0 Å². The Kier molecular flexibility index (Phi) is 5.65. The first-order chi connectivity index (χ1) is 11.0. The van der Waals surface area contributed by atoms with Crippen molar-refractivity contribution in [3.63, 3.8) is 0 Å². The van der Waals surface area contributed by atoms with Gasteiger partial charge in [0.1, 0.15) is 4.90 Å². The highest BCUT2D eigenvalue weighted by Crippen LogP contribution is 2.27. The summed E-state index contributed by atoms with van der Waals surface area (Å²) in [6.45, 7) is 8.20. The third-order valence-electron chi connectivity index (χ3n) is 3.79. The van der Waals surface area contributed by atoms with Gasteiger partial charge in [-0.15, -0.1) is 0 Å². The van der Waals surface area contributed by atoms with Crippen LogP contribution in [0, 0.1) is 0 Å². The van der Waals surface area contributed by atoms with Crippen LogP contribution in [0.5, 0.6) is 0 Å². The van der Waals surface area contributed by atoms with Gasteiger partial charge in [0, 0.05) is 11.1 Å². The third kappa shape index (κ3) is 4.51. The lowest BCUT2D eigenvalue weighted by atomic mass is 9.86. The van der Waals surface area contributed by atoms with Crippen LogP contribution in [-0.2, 0) is 15.4 Å². The summed E-state index contributed by atoms with van der Waals surface area (Å²) in [5.74, 6) is 0. The number of sulfonamides is 1. The molecule has 1 unspecified atom stereocenters. The molecule has 3 nitrogen and oxygen atoms in total. The second kappa shape index (κ2) is 7.04. The zero-order valence-corrected chi connectivity index (χ0v) is 16.4. The topological polar surface area (TPSA) is 46.2 Å². The Bertz CT molecular complexity index is 825. The molecule has 0 aliphatic carbocycles. The lowest BCUT2D eigenvalue weighted by Crippen LogP contribution is -2.27. The Morgan fingerprint density at radius 3 is 2.12 bits per heavy atom. The van der Waals surface area contributed by atoms with Gasteiger partial charge in [-0.1, -0.05) is 68.2 Å². The average molecular weight is 386 g/mol. The fourth-order valence-corrected chi connectivity index (χ4v) is 4.31. The molecule has 24 heavy (non-hydrogen) atoms. The minimum atomic E-state index is -3.77. The number of nitrogens with one attached hydrogen (secondary N) is 1. The maximum absolute atomic E-state index is 12.6. The van der Waals surface area contributed by atoms with Gasteiger partial charge in [-0.2, -0.15) is 0 Å². The molecule has 0 saturated heterocycles. The Morgan fingerprint density at radius 2 is 1.58 bits per heavy atom. The van der Waals surface area contributed by atoms with Crippen molar-refractivity contribution >= 4 is 33.2 Å². The van der Waals surface area contributed by atoms with Crippen molar-refractivity contribution in [3.05, 3.63) is 63.6 Å². The highest BCUT2D eigenvalue weighted by Gasteiger charge is 2.22. The van der Waals surface area contributed by atoms with Crippen molar-refractivity contribution in [2.24, 2.45) is 0 Å². The molecule has 0 bridgehead atoms. The summed E-state index contributed by atoms with van der Waals surface area (Å²) >= 11 is 11.9. The predicted molar refractivity (Wildman–Crippen MR) is 100 cm³/mol. The molecule has 2 rings (SSSR count). The Labute approximate surface area is 154 Å². The first-order valence-corrected chi connectivity index (χ1v) is 9.82. The van der Waals surface area contributed by atoms with Crippen molar-refractivity contribution in [3.8, 4) is 0 Å². The fraction of sp³-hybridized carbons (Fsp3) is 0.333. The maximum atomic E-state index is 12.6. The van der Waals surface area contributed by atoms with Gasteiger partial charge in [0.25, 0.3) is 0 Å².